The molecule has 0 amide bonds. The van der Waals surface area contributed by atoms with Crippen molar-refractivity contribution in [1.82, 2.24) is 9.97 Å². The summed E-state index contributed by atoms with van der Waals surface area (Å²) in [7, 11) is 0. The summed E-state index contributed by atoms with van der Waals surface area (Å²) in [5, 5.41) is 3.36. The zero-order valence-corrected chi connectivity index (χ0v) is 13.7. The molecule has 6 nitrogen and oxygen atoms in total. The first-order valence-corrected chi connectivity index (χ1v) is 8.14. The zero-order chi connectivity index (χ0) is 15.0. The van der Waals surface area contributed by atoms with Crippen LogP contribution in [0, 0.1) is 13.8 Å². The molecule has 2 aromatic rings. The van der Waals surface area contributed by atoms with Crippen LogP contribution >= 0.6 is 0 Å². The number of anilines is 1. The van der Waals surface area contributed by atoms with Crippen molar-refractivity contribution < 1.29 is 0 Å². The van der Waals surface area contributed by atoms with Crippen LogP contribution in [0.2, 0.25) is 0 Å². The van der Waals surface area contributed by atoms with Gasteiger partial charge in [0.15, 0.2) is 0 Å². The molecular weight excluding hydrogens is 333 g/mol. The summed E-state index contributed by atoms with van der Waals surface area (Å²) in [5.41, 5.74) is 4.01. The van der Waals surface area contributed by atoms with E-state index in [0.717, 1.165) is 22.8 Å². The van der Waals surface area contributed by atoms with Crippen LogP contribution in [0.25, 0.3) is 0 Å². The fraction of sp³-hybridized carbons (Fsp3) is 0.286. The maximum atomic E-state index is 12.2. The Kier molecular flexibility index (Phi) is 3.61. The van der Waals surface area contributed by atoms with Crippen LogP contribution < -0.4 is 10.9 Å². The molecular formula is C14H15N5OSe. The standard InChI is InChI=1S/C14H15N5OSe/c1-7-12(14(20)17-9(3)15-7)8(2)16-10-5-4-6-11-13(10)19-21-18-11/h4-6,8,16H,1-3H3,(H,15,17,20). The van der Waals surface area contributed by atoms with Gasteiger partial charge in [0, 0.05) is 0 Å². The Labute approximate surface area is 127 Å². The molecule has 0 saturated heterocycles. The van der Waals surface area contributed by atoms with Gasteiger partial charge in [0.25, 0.3) is 0 Å². The number of benzene rings is 1. The Morgan fingerprint density at radius 2 is 2.10 bits per heavy atom. The third kappa shape index (κ3) is 2.62. The van der Waals surface area contributed by atoms with Gasteiger partial charge in [-0.1, -0.05) is 0 Å². The number of nitrogens with zero attached hydrogens (tertiary/aromatic N) is 3. The normalized spacial score (nSPS) is 13.7. The number of rotatable bonds is 3. The summed E-state index contributed by atoms with van der Waals surface area (Å²) in [5.74, 6) is 0.630. The summed E-state index contributed by atoms with van der Waals surface area (Å²) in [6, 6.07) is 5.70. The van der Waals surface area contributed by atoms with Crippen molar-refractivity contribution in [2.75, 3.05) is 5.32 Å². The van der Waals surface area contributed by atoms with Crippen molar-refractivity contribution in [1.29, 1.82) is 0 Å². The minimum absolute atomic E-state index is 0.0673. The molecule has 0 spiro atoms. The van der Waals surface area contributed by atoms with Gasteiger partial charge < -0.3 is 0 Å². The molecule has 1 aromatic carbocycles. The Hall–Kier alpha value is -1.98. The molecule has 0 fully saturated rings. The van der Waals surface area contributed by atoms with E-state index in [-0.39, 0.29) is 26.2 Å². The molecule has 0 saturated carbocycles. The molecule has 108 valence electrons. The Balaban J connectivity index is 1.95. The van der Waals surface area contributed by atoms with Crippen LogP contribution in [0.1, 0.15) is 30.0 Å². The molecule has 1 aliphatic heterocycles. The Morgan fingerprint density at radius 1 is 1.29 bits per heavy atom. The van der Waals surface area contributed by atoms with Crippen LogP contribution in [-0.4, -0.2) is 24.5 Å². The van der Waals surface area contributed by atoms with Gasteiger partial charge in [-0.25, -0.2) is 0 Å². The molecule has 0 bridgehead atoms. The second-order valence-electron chi connectivity index (χ2n) is 4.95. The van der Waals surface area contributed by atoms with Gasteiger partial charge in [-0.05, 0) is 0 Å². The number of hydrogen-bond donors (Lipinski definition) is 2. The van der Waals surface area contributed by atoms with Crippen LogP contribution in [0.4, 0.5) is 17.1 Å². The monoisotopic (exact) mass is 349 g/mol. The Morgan fingerprint density at radius 3 is 2.86 bits per heavy atom. The molecule has 2 heterocycles. The number of H-pyrrole nitrogens is 1. The molecule has 21 heavy (non-hydrogen) atoms. The summed E-state index contributed by atoms with van der Waals surface area (Å²) >= 11 is -0.0673. The number of aryl methyl sites for hydroxylation is 2. The van der Waals surface area contributed by atoms with E-state index in [0.29, 0.717) is 11.4 Å². The van der Waals surface area contributed by atoms with E-state index in [4.69, 9.17) is 0 Å². The van der Waals surface area contributed by atoms with Crippen molar-refractivity contribution >= 4 is 31.6 Å². The van der Waals surface area contributed by atoms with E-state index in [1.54, 1.807) is 6.92 Å². The molecule has 2 N–H and O–H groups in total. The molecule has 1 aromatic heterocycles. The zero-order valence-electron chi connectivity index (χ0n) is 12.0. The van der Waals surface area contributed by atoms with Gasteiger partial charge in [-0.2, -0.15) is 0 Å². The Bertz CT molecular complexity index is 836. The summed E-state index contributed by atoms with van der Waals surface area (Å²) in [6.45, 7) is 5.59. The topological polar surface area (TPSA) is 82.5 Å². The van der Waals surface area contributed by atoms with Gasteiger partial charge in [0.2, 0.25) is 0 Å². The second-order valence-corrected chi connectivity index (χ2v) is 6.06. The minimum atomic E-state index is -0.156. The second kappa shape index (κ2) is 5.42. The van der Waals surface area contributed by atoms with E-state index < -0.39 is 0 Å². The van der Waals surface area contributed by atoms with Crippen LogP contribution in [0.15, 0.2) is 30.9 Å². The van der Waals surface area contributed by atoms with E-state index in [1.165, 1.54) is 0 Å². The summed E-state index contributed by atoms with van der Waals surface area (Å²) in [4.78, 5) is 19.2. The van der Waals surface area contributed by atoms with E-state index in [2.05, 4.69) is 23.2 Å². The van der Waals surface area contributed by atoms with Gasteiger partial charge in [-0.3, -0.25) is 0 Å². The molecule has 0 radical (unpaired) electrons. The van der Waals surface area contributed by atoms with Gasteiger partial charge in [0.1, 0.15) is 0 Å². The van der Waals surface area contributed by atoms with Crippen molar-refractivity contribution in [3.05, 3.63) is 45.6 Å². The first-order chi connectivity index (χ1) is 10.1. The third-order valence-electron chi connectivity index (χ3n) is 3.36. The van der Waals surface area contributed by atoms with Gasteiger partial charge in [-0.15, -0.1) is 0 Å². The van der Waals surface area contributed by atoms with Crippen molar-refractivity contribution in [2.45, 2.75) is 26.8 Å². The summed E-state index contributed by atoms with van der Waals surface area (Å²) < 4.78 is 8.80. The van der Waals surface area contributed by atoms with Crippen LogP contribution in [-0.2, 0) is 0 Å². The van der Waals surface area contributed by atoms with Crippen molar-refractivity contribution in [2.24, 2.45) is 7.92 Å². The van der Waals surface area contributed by atoms with Gasteiger partial charge in [0.05, 0.1) is 0 Å². The number of fused-ring (bicyclic) bond motifs is 1. The molecule has 3 rings (SSSR count). The third-order valence-corrected chi connectivity index (χ3v) is 4.49. The number of aromatic nitrogens is 2. The first-order valence-electron chi connectivity index (χ1n) is 6.61. The van der Waals surface area contributed by atoms with Crippen molar-refractivity contribution in [3.63, 3.8) is 0 Å². The van der Waals surface area contributed by atoms with Gasteiger partial charge >= 0.3 is 127 Å². The van der Waals surface area contributed by atoms with Crippen LogP contribution in [0.5, 0.6) is 0 Å². The van der Waals surface area contributed by atoms with E-state index in [1.807, 2.05) is 32.0 Å². The van der Waals surface area contributed by atoms with Crippen LogP contribution in [0.3, 0.4) is 0 Å². The van der Waals surface area contributed by atoms with E-state index in [9.17, 15) is 4.79 Å². The SMILES string of the molecule is Cc1nc(C)c(C(C)Nc2cccc3c2N=[Se]=N3)c(=O)[nH]1. The fourth-order valence-electron chi connectivity index (χ4n) is 2.47. The summed E-state index contributed by atoms with van der Waals surface area (Å²) in [6.07, 6.45) is 0. The molecule has 0 aliphatic carbocycles. The molecule has 1 unspecified atom stereocenters. The quantitative estimate of drug-likeness (QED) is 0.714. The maximum absolute atomic E-state index is 12.2. The first kappa shape index (κ1) is 14.0. The molecule has 1 atom stereocenters. The predicted molar refractivity (Wildman–Crippen MR) is 82.7 cm³/mol. The number of nitrogens with one attached hydrogen (secondary N) is 2. The fourth-order valence-corrected chi connectivity index (χ4v) is 3.63. The van der Waals surface area contributed by atoms with Crippen molar-refractivity contribution in [3.8, 4) is 0 Å². The molecule has 1 aliphatic rings. The molecule has 7 heteroatoms. The number of hydrogen-bond acceptors (Lipinski definition) is 5. The average molecular weight is 348 g/mol. The average Bonchev–Trinajstić information content (AvgIpc) is 2.86. The predicted octanol–water partition coefficient (Wildman–Crippen LogP) is 2.91. The number of aromatic amines is 1. The van der Waals surface area contributed by atoms with E-state index >= 15 is 0 Å².